The van der Waals surface area contributed by atoms with Crippen molar-refractivity contribution in [3.63, 3.8) is 0 Å². The van der Waals surface area contributed by atoms with Crippen molar-refractivity contribution in [2.45, 2.75) is 75.5 Å². The minimum absolute atomic E-state index is 0.0215. The third-order valence-corrected chi connectivity index (χ3v) is 11.6. The molecule has 1 atom stereocenters. The van der Waals surface area contributed by atoms with E-state index < -0.39 is 58.7 Å². The number of amides is 3. The molecule has 3 aromatic heterocycles. The van der Waals surface area contributed by atoms with Gasteiger partial charge in [0, 0.05) is 37.7 Å². The zero-order chi connectivity index (χ0) is 39.5. The summed E-state index contributed by atoms with van der Waals surface area (Å²) in [7, 11) is 1.63. The number of benzene rings is 2. The Hall–Kier alpha value is -5.45. The summed E-state index contributed by atoms with van der Waals surface area (Å²) in [5.74, 6) is -2.69. The van der Waals surface area contributed by atoms with Crippen molar-refractivity contribution in [2.75, 3.05) is 25.0 Å². The number of alkyl halides is 3. The second kappa shape index (κ2) is 14.6. The Morgan fingerprint density at radius 1 is 0.964 bits per heavy atom. The van der Waals surface area contributed by atoms with Gasteiger partial charge in [-0.25, -0.2) is 18.6 Å². The number of pyridine rings is 1. The fourth-order valence-electron chi connectivity index (χ4n) is 8.69. The Bertz CT molecular complexity index is 2420. The molecule has 1 saturated carbocycles. The number of hydrogen-bond donors (Lipinski definition) is 2. The number of carbonyl (C=O) groups excluding carboxylic acids is 3. The first kappa shape index (κ1) is 37.5. The van der Waals surface area contributed by atoms with Crippen LogP contribution in [0.15, 0.2) is 53.5 Å². The van der Waals surface area contributed by atoms with Gasteiger partial charge >= 0.3 is 11.9 Å². The van der Waals surface area contributed by atoms with Crippen LogP contribution in [-0.2, 0) is 22.8 Å². The van der Waals surface area contributed by atoms with Crippen LogP contribution in [0.2, 0.25) is 0 Å². The van der Waals surface area contributed by atoms with Gasteiger partial charge in [0.15, 0.2) is 0 Å². The molecule has 5 aromatic rings. The number of anilines is 1. The minimum Gasteiger partial charge on any atom is -0.318 e. The normalized spacial score (nSPS) is 21.5. The van der Waals surface area contributed by atoms with E-state index in [1.165, 1.54) is 33.4 Å². The van der Waals surface area contributed by atoms with Crippen molar-refractivity contribution in [2.24, 2.45) is 13.0 Å². The lowest BCUT2D eigenvalue weighted by Gasteiger charge is -2.37. The van der Waals surface area contributed by atoms with Crippen molar-refractivity contribution < 1.29 is 36.3 Å². The molecule has 0 spiro atoms. The molecule has 5 heterocycles. The number of fused-ring (bicyclic) bond motifs is 2. The predicted octanol–water partition coefficient (Wildman–Crippen LogP) is 6.22. The van der Waals surface area contributed by atoms with Gasteiger partial charge < -0.3 is 10.2 Å². The summed E-state index contributed by atoms with van der Waals surface area (Å²) in [5.41, 5.74) is -0.211. The van der Waals surface area contributed by atoms with Crippen LogP contribution >= 0.6 is 0 Å². The first-order valence-electron chi connectivity index (χ1n) is 18.7. The molecule has 2 aliphatic heterocycles. The molecule has 56 heavy (non-hydrogen) atoms. The molecule has 17 heteroatoms. The van der Waals surface area contributed by atoms with Crippen molar-refractivity contribution in [3.8, 4) is 0 Å². The van der Waals surface area contributed by atoms with Crippen LogP contribution in [0.5, 0.6) is 0 Å². The number of imide groups is 1. The smallest absolute Gasteiger partial charge is 0.318 e. The first-order chi connectivity index (χ1) is 26.7. The van der Waals surface area contributed by atoms with Crippen LogP contribution in [0.25, 0.3) is 21.9 Å². The van der Waals surface area contributed by atoms with Gasteiger partial charge in [0.1, 0.15) is 29.1 Å². The number of halogens is 5. The summed E-state index contributed by atoms with van der Waals surface area (Å²) < 4.78 is 74.0. The highest BCUT2D eigenvalue weighted by atomic mass is 19.4. The van der Waals surface area contributed by atoms with Gasteiger partial charge in [0.25, 0.3) is 5.91 Å². The molecule has 1 aliphatic carbocycles. The van der Waals surface area contributed by atoms with Crippen LogP contribution < -0.4 is 16.3 Å². The lowest BCUT2D eigenvalue weighted by molar-refractivity contribution is -0.141. The SMILES string of the molecule is Cn1c(=O)n(C2CCC(=O)NC2=O)c2cc(F)cc(C3CCN(CC4CCC(n5cc6cc(NC(=O)c7cccc(C(F)(F)F)n7)c(F)cc6n5)CC4)CC3)c21. The van der Waals surface area contributed by atoms with Crippen LogP contribution in [-0.4, -0.2) is 66.2 Å². The molecule has 2 aromatic carbocycles. The van der Waals surface area contributed by atoms with Crippen molar-refractivity contribution in [1.29, 1.82) is 0 Å². The first-order valence-corrected chi connectivity index (χ1v) is 18.7. The summed E-state index contributed by atoms with van der Waals surface area (Å²) >= 11 is 0. The Labute approximate surface area is 316 Å². The maximum absolute atomic E-state index is 15.1. The number of hydrogen-bond acceptors (Lipinski definition) is 7. The number of nitrogens with one attached hydrogen (secondary N) is 2. The van der Waals surface area contributed by atoms with Crippen molar-refractivity contribution >= 4 is 45.3 Å². The number of rotatable bonds is 7. The lowest BCUT2D eigenvalue weighted by atomic mass is 9.84. The largest absolute Gasteiger partial charge is 0.433 e. The molecule has 0 bridgehead atoms. The third kappa shape index (κ3) is 7.19. The van der Waals surface area contributed by atoms with E-state index in [4.69, 9.17) is 0 Å². The van der Waals surface area contributed by atoms with Crippen molar-refractivity contribution in [1.82, 2.24) is 34.1 Å². The van der Waals surface area contributed by atoms with Gasteiger partial charge in [0.2, 0.25) is 11.8 Å². The second-order valence-electron chi connectivity index (χ2n) is 15.2. The standard InChI is InChI=1S/C39H39F5N8O4/c1-49-35-26(16-24(40)17-32(35)52(38(49)56)31-9-10-34(53)47-37(31)55)22-11-13-50(14-12-22)19-21-5-7-25(8-6-21)51-20-23-15-30(27(41)18-29(23)48-51)46-36(54)28-3-2-4-33(45-28)39(42,43)44/h2-4,15-18,20-22,25,31H,5-14,19H2,1H3,(H,46,54)(H,47,53,55). The number of imidazole rings is 1. The average Bonchev–Trinajstić information content (AvgIpc) is 3.68. The Kier molecular flexibility index (Phi) is 9.75. The van der Waals surface area contributed by atoms with Gasteiger partial charge in [-0.15, -0.1) is 0 Å². The van der Waals surface area contributed by atoms with Gasteiger partial charge in [0.05, 0.1) is 28.3 Å². The van der Waals surface area contributed by atoms with Crippen LogP contribution in [0.4, 0.5) is 27.6 Å². The summed E-state index contributed by atoms with van der Waals surface area (Å²) in [4.78, 5) is 56.3. The van der Waals surface area contributed by atoms with E-state index in [1.807, 2.05) is 4.68 Å². The fraction of sp³-hybridized carbons (Fsp3) is 0.436. The number of nitrogens with zero attached hydrogens (tertiary/aromatic N) is 6. The lowest BCUT2D eigenvalue weighted by Crippen LogP contribution is -2.44. The quantitative estimate of drug-likeness (QED) is 0.148. The molecule has 8 rings (SSSR count). The molecule has 3 fully saturated rings. The minimum atomic E-state index is -4.73. The van der Waals surface area contributed by atoms with Gasteiger partial charge in [-0.2, -0.15) is 18.3 Å². The van der Waals surface area contributed by atoms with E-state index in [0.29, 0.717) is 27.9 Å². The fourth-order valence-corrected chi connectivity index (χ4v) is 8.69. The molecular formula is C39H39F5N8O4. The van der Waals surface area contributed by atoms with Gasteiger partial charge in [-0.1, -0.05) is 6.07 Å². The summed E-state index contributed by atoms with van der Waals surface area (Å²) in [6.07, 6.45) is 2.54. The van der Waals surface area contributed by atoms with Crippen molar-refractivity contribution in [3.05, 3.63) is 87.7 Å². The molecule has 0 radical (unpaired) electrons. The molecule has 2 saturated heterocycles. The molecule has 1 unspecified atom stereocenters. The summed E-state index contributed by atoms with van der Waals surface area (Å²) in [6, 6.07) is 7.55. The van der Waals surface area contributed by atoms with E-state index in [9.17, 15) is 32.3 Å². The summed E-state index contributed by atoms with van der Waals surface area (Å²) in [5, 5.41) is 9.80. The third-order valence-electron chi connectivity index (χ3n) is 11.6. The van der Waals surface area contributed by atoms with E-state index >= 15 is 8.78 Å². The van der Waals surface area contributed by atoms with Crippen LogP contribution in [0, 0.1) is 17.6 Å². The highest BCUT2D eigenvalue weighted by Crippen LogP contribution is 2.38. The summed E-state index contributed by atoms with van der Waals surface area (Å²) in [6.45, 7) is 2.53. The van der Waals surface area contributed by atoms with E-state index in [-0.39, 0.29) is 30.5 Å². The molecule has 294 valence electrons. The Balaban J connectivity index is 0.878. The topological polar surface area (TPSA) is 136 Å². The molecule has 12 nitrogen and oxygen atoms in total. The number of aromatic nitrogens is 5. The monoisotopic (exact) mass is 778 g/mol. The molecular weight excluding hydrogens is 739 g/mol. The number of carbonyl (C=O) groups is 3. The molecule has 3 aliphatic rings. The van der Waals surface area contributed by atoms with Crippen LogP contribution in [0.3, 0.4) is 0 Å². The molecule has 2 N–H and O–H groups in total. The predicted molar refractivity (Wildman–Crippen MR) is 195 cm³/mol. The highest BCUT2D eigenvalue weighted by molar-refractivity contribution is 6.04. The van der Waals surface area contributed by atoms with Gasteiger partial charge in [-0.05, 0) is 106 Å². The molecule has 3 amide bonds. The number of likely N-dealkylation sites (tertiary alicyclic amines) is 1. The van der Waals surface area contributed by atoms with E-state index in [2.05, 4.69) is 25.6 Å². The highest BCUT2D eigenvalue weighted by Gasteiger charge is 2.35. The zero-order valence-electron chi connectivity index (χ0n) is 30.4. The van der Waals surface area contributed by atoms with Crippen LogP contribution in [0.1, 0.15) is 91.1 Å². The zero-order valence-corrected chi connectivity index (χ0v) is 30.4. The Morgan fingerprint density at radius 3 is 2.43 bits per heavy atom. The average molecular weight is 779 g/mol. The Morgan fingerprint density at radius 2 is 1.71 bits per heavy atom. The number of aryl methyl sites for hydroxylation is 1. The van der Waals surface area contributed by atoms with E-state index in [1.54, 1.807) is 13.2 Å². The number of piperidine rings is 2. The van der Waals surface area contributed by atoms with Gasteiger partial charge in [-0.3, -0.25) is 33.5 Å². The maximum atomic E-state index is 15.1. The van der Waals surface area contributed by atoms with E-state index in [0.717, 1.165) is 81.9 Å². The maximum Gasteiger partial charge on any atom is 0.433 e. The second-order valence-corrected chi connectivity index (χ2v) is 15.2.